The average molecular weight is 369 g/mol. The van der Waals surface area contributed by atoms with Gasteiger partial charge in [-0.2, -0.15) is 5.10 Å². The quantitative estimate of drug-likeness (QED) is 0.433. The van der Waals surface area contributed by atoms with Gasteiger partial charge in [-0.15, -0.1) is 0 Å². The lowest BCUT2D eigenvalue weighted by Gasteiger charge is -2.07. The number of amides is 1. The van der Waals surface area contributed by atoms with E-state index in [1.165, 1.54) is 12.3 Å². The summed E-state index contributed by atoms with van der Waals surface area (Å²) in [4.78, 5) is 24.0. The van der Waals surface area contributed by atoms with Crippen LogP contribution in [0.1, 0.15) is 22.3 Å². The molecule has 26 heavy (non-hydrogen) atoms. The van der Waals surface area contributed by atoms with Gasteiger partial charge in [-0.05, 0) is 60.4 Å². The molecule has 1 aromatic heterocycles. The second-order valence-corrected chi connectivity index (χ2v) is 6.48. The molecule has 0 aliphatic rings. The second kappa shape index (κ2) is 7.54. The summed E-state index contributed by atoms with van der Waals surface area (Å²) in [5, 5.41) is 5.32. The molecule has 1 amide bonds. The summed E-state index contributed by atoms with van der Waals surface area (Å²) in [5.41, 5.74) is 5.98. The predicted octanol–water partition coefficient (Wildman–Crippen LogP) is 3.76. The van der Waals surface area contributed by atoms with Crippen molar-refractivity contribution in [3.8, 4) is 0 Å². The molecule has 6 heteroatoms. The van der Waals surface area contributed by atoms with Gasteiger partial charge in [-0.25, -0.2) is 10.2 Å². The molecule has 0 aliphatic heterocycles. The van der Waals surface area contributed by atoms with Crippen molar-refractivity contribution < 1.29 is 9.21 Å². The van der Waals surface area contributed by atoms with Gasteiger partial charge in [-0.3, -0.25) is 4.79 Å². The van der Waals surface area contributed by atoms with Crippen LogP contribution >= 0.6 is 11.6 Å². The average Bonchev–Trinajstić information content (AvgIpc) is 2.58. The number of carbonyl (C=O) groups is 1. The number of rotatable bonds is 4. The normalized spacial score (nSPS) is 11.2. The van der Waals surface area contributed by atoms with Crippen LogP contribution in [0.25, 0.3) is 11.0 Å². The molecular formula is C20H17ClN2O3. The molecule has 0 fully saturated rings. The van der Waals surface area contributed by atoms with Crippen LogP contribution in [0.5, 0.6) is 0 Å². The lowest BCUT2D eigenvalue weighted by Crippen LogP contribution is -2.20. The molecule has 3 rings (SSSR count). The number of carbonyl (C=O) groups excluding carboxylic acids is 1. The fraction of sp³-hybridized carbons (Fsp3) is 0.150. The fourth-order valence-electron chi connectivity index (χ4n) is 2.57. The zero-order chi connectivity index (χ0) is 18.7. The van der Waals surface area contributed by atoms with Crippen LogP contribution in [-0.4, -0.2) is 12.1 Å². The highest BCUT2D eigenvalue weighted by molar-refractivity contribution is 6.30. The van der Waals surface area contributed by atoms with E-state index in [4.69, 9.17) is 16.0 Å². The van der Waals surface area contributed by atoms with Crippen molar-refractivity contribution in [1.82, 2.24) is 5.43 Å². The van der Waals surface area contributed by atoms with Crippen LogP contribution in [0.4, 0.5) is 0 Å². The molecule has 0 atom stereocenters. The lowest BCUT2D eigenvalue weighted by molar-refractivity contribution is -0.120. The Kier molecular flexibility index (Phi) is 5.19. The first-order chi connectivity index (χ1) is 12.4. The standard InChI is InChI=1S/C20H17ClN2O3/c1-12-7-17-15(10-20(25)26-18(17)8-13(12)2)9-19(24)23-22-11-14-3-5-16(21)6-4-14/h3-8,10-11H,9H2,1-2H3,(H,23,24)/b22-11+. The van der Waals surface area contributed by atoms with Gasteiger partial charge in [0.05, 0.1) is 12.6 Å². The molecular weight excluding hydrogens is 352 g/mol. The Morgan fingerprint density at radius 1 is 1.15 bits per heavy atom. The second-order valence-electron chi connectivity index (χ2n) is 6.04. The summed E-state index contributed by atoms with van der Waals surface area (Å²) < 4.78 is 5.24. The van der Waals surface area contributed by atoms with Crippen molar-refractivity contribution in [3.05, 3.63) is 80.2 Å². The van der Waals surface area contributed by atoms with Crippen LogP contribution in [0.3, 0.4) is 0 Å². The van der Waals surface area contributed by atoms with Gasteiger partial charge >= 0.3 is 5.63 Å². The molecule has 0 radical (unpaired) electrons. The van der Waals surface area contributed by atoms with E-state index in [0.29, 0.717) is 16.2 Å². The van der Waals surface area contributed by atoms with E-state index >= 15 is 0 Å². The Balaban J connectivity index is 1.77. The predicted molar refractivity (Wildman–Crippen MR) is 103 cm³/mol. The Labute approximate surface area is 155 Å². The third kappa shape index (κ3) is 4.18. The van der Waals surface area contributed by atoms with Crippen LogP contribution < -0.4 is 11.1 Å². The van der Waals surface area contributed by atoms with E-state index < -0.39 is 5.63 Å². The number of aryl methyl sites for hydroxylation is 2. The molecule has 1 heterocycles. The first-order valence-corrected chi connectivity index (χ1v) is 8.41. The van der Waals surface area contributed by atoms with E-state index in [0.717, 1.165) is 22.1 Å². The van der Waals surface area contributed by atoms with Crippen LogP contribution in [0, 0.1) is 13.8 Å². The third-order valence-electron chi connectivity index (χ3n) is 4.07. The van der Waals surface area contributed by atoms with Crippen LogP contribution in [0.15, 0.2) is 56.8 Å². The molecule has 0 bridgehead atoms. The minimum atomic E-state index is -0.479. The summed E-state index contributed by atoms with van der Waals surface area (Å²) in [7, 11) is 0. The van der Waals surface area contributed by atoms with Crippen molar-refractivity contribution in [2.45, 2.75) is 20.3 Å². The Morgan fingerprint density at radius 2 is 1.85 bits per heavy atom. The Hall–Kier alpha value is -2.92. The van der Waals surface area contributed by atoms with Gasteiger partial charge in [0.2, 0.25) is 5.91 Å². The number of nitrogens with one attached hydrogen (secondary N) is 1. The summed E-state index contributed by atoms with van der Waals surface area (Å²) in [6.07, 6.45) is 1.56. The van der Waals surface area contributed by atoms with Gasteiger partial charge < -0.3 is 4.42 Å². The molecule has 0 spiro atoms. The molecule has 5 nitrogen and oxygen atoms in total. The number of hydrazone groups is 1. The summed E-state index contributed by atoms with van der Waals surface area (Å²) >= 11 is 5.82. The van der Waals surface area contributed by atoms with Crippen molar-refractivity contribution in [2.75, 3.05) is 0 Å². The highest BCUT2D eigenvalue weighted by atomic mass is 35.5. The van der Waals surface area contributed by atoms with Crippen molar-refractivity contribution in [1.29, 1.82) is 0 Å². The van der Waals surface area contributed by atoms with Crippen molar-refractivity contribution in [3.63, 3.8) is 0 Å². The molecule has 132 valence electrons. The first kappa shape index (κ1) is 17.9. The monoisotopic (exact) mass is 368 g/mol. The smallest absolute Gasteiger partial charge is 0.336 e. The van der Waals surface area contributed by atoms with Gasteiger partial charge in [0.15, 0.2) is 0 Å². The van der Waals surface area contributed by atoms with Crippen molar-refractivity contribution in [2.24, 2.45) is 5.10 Å². The number of hydrogen-bond donors (Lipinski definition) is 1. The molecule has 0 unspecified atom stereocenters. The zero-order valence-electron chi connectivity index (χ0n) is 14.4. The minimum absolute atomic E-state index is 0.0303. The number of hydrogen-bond acceptors (Lipinski definition) is 4. The maximum absolute atomic E-state index is 12.2. The summed E-state index contributed by atoms with van der Waals surface area (Å²) in [6, 6.07) is 12.1. The van der Waals surface area contributed by atoms with E-state index in [2.05, 4.69) is 10.5 Å². The maximum Gasteiger partial charge on any atom is 0.336 e. The van der Waals surface area contributed by atoms with Crippen LogP contribution in [-0.2, 0) is 11.2 Å². The third-order valence-corrected chi connectivity index (χ3v) is 4.32. The topological polar surface area (TPSA) is 71.7 Å². The van der Waals surface area contributed by atoms with Gasteiger partial charge in [0.25, 0.3) is 0 Å². The van der Waals surface area contributed by atoms with E-state index in [9.17, 15) is 9.59 Å². The lowest BCUT2D eigenvalue weighted by atomic mass is 10.0. The molecule has 1 N–H and O–H groups in total. The Bertz CT molecular complexity index is 1050. The van der Waals surface area contributed by atoms with Gasteiger partial charge in [0.1, 0.15) is 5.58 Å². The van der Waals surface area contributed by atoms with Crippen molar-refractivity contribution >= 4 is 34.7 Å². The molecule has 0 saturated heterocycles. The van der Waals surface area contributed by atoms with E-state index in [1.807, 2.05) is 26.0 Å². The summed E-state index contributed by atoms with van der Waals surface area (Å²) in [5.74, 6) is -0.319. The zero-order valence-corrected chi connectivity index (χ0v) is 15.1. The minimum Gasteiger partial charge on any atom is -0.423 e. The van der Waals surface area contributed by atoms with Crippen LogP contribution in [0.2, 0.25) is 5.02 Å². The molecule has 2 aromatic carbocycles. The van der Waals surface area contributed by atoms with Gasteiger partial charge in [-0.1, -0.05) is 23.7 Å². The number of halogens is 1. The Morgan fingerprint density at radius 3 is 2.58 bits per heavy atom. The van der Waals surface area contributed by atoms with Gasteiger partial charge in [0, 0.05) is 16.5 Å². The number of benzene rings is 2. The van der Waals surface area contributed by atoms with E-state index in [-0.39, 0.29) is 12.3 Å². The molecule has 3 aromatic rings. The maximum atomic E-state index is 12.2. The SMILES string of the molecule is Cc1cc2oc(=O)cc(CC(=O)N/N=C/c3ccc(Cl)cc3)c2cc1C. The summed E-state index contributed by atoms with van der Waals surface area (Å²) in [6.45, 7) is 3.92. The number of fused-ring (bicyclic) bond motifs is 1. The highest BCUT2D eigenvalue weighted by Crippen LogP contribution is 2.21. The number of nitrogens with zero attached hydrogens (tertiary/aromatic N) is 1. The van der Waals surface area contributed by atoms with E-state index in [1.54, 1.807) is 24.3 Å². The molecule has 0 saturated carbocycles. The molecule has 0 aliphatic carbocycles. The highest BCUT2D eigenvalue weighted by Gasteiger charge is 2.11. The largest absolute Gasteiger partial charge is 0.423 e. The fourth-order valence-corrected chi connectivity index (χ4v) is 2.70. The first-order valence-electron chi connectivity index (χ1n) is 8.04.